The zero-order chi connectivity index (χ0) is 6.69. The zero-order valence-corrected chi connectivity index (χ0v) is 5.97. The molecule has 0 spiro atoms. The van der Waals surface area contributed by atoms with Crippen LogP contribution in [0.5, 0.6) is 0 Å². The first-order valence-corrected chi connectivity index (χ1v) is 3.70. The van der Waals surface area contributed by atoms with Gasteiger partial charge in [-0.15, -0.1) is 0 Å². The maximum Gasteiger partial charge on any atom is -0.00282 e. The Labute approximate surface area is 56.4 Å². The van der Waals surface area contributed by atoms with Gasteiger partial charge in [0.1, 0.15) is 0 Å². The molecule has 0 aromatic carbocycles. The van der Waals surface area contributed by atoms with Gasteiger partial charge in [0.05, 0.1) is 0 Å². The monoisotopic (exact) mass is 128 g/mol. The summed E-state index contributed by atoms with van der Waals surface area (Å²) in [6.45, 7) is 0. The van der Waals surface area contributed by atoms with E-state index in [0.29, 0.717) is 6.04 Å². The van der Waals surface area contributed by atoms with Crippen LogP contribution in [0.25, 0.3) is 0 Å². The molecule has 0 aliphatic heterocycles. The largest absolute Gasteiger partial charge is 0.785 e. The summed E-state index contributed by atoms with van der Waals surface area (Å²) in [5.41, 5.74) is 0. The van der Waals surface area contributed by atoms with Crippen molar-refractivity contribution in [1.82, 2.24) is 5.06 Å². The summed E-state index contributed by atoms with van der Waals surface area (Å²) in [4.78, 5) is 0. The maximum absolute atomic E-state index is 10.7. The van der Waals surface area contributed by atoms with Gasteiger partial charge in [0, 0.05) is 0 Å². The third kappa shape index (κ3) is 1.95. The molecular weight excluding hydrogens is 114 g/mol. The summed E-state index contributed by atoms with van der Waals surface area (Å²) in [6.07, 6.45) is 6.04. The molecule has 1 rings (SSSR count). The van der Waals surface area contributed by atoms with Crippen LogP contribution in [0.2, 0.25) is 0 Å². The number of hydrogen-bond acceptors (Lipinski definition) is 2. The van der Waals surface area contributed by atoms with Crippen LogP contribution in [0.15, 0.2) is 0 Å². The Kier molecular flexibility index (Phi) is 2.49. The molecule has 0 bridgehead atoms. The summed E-state index contributed by atoms with van der Waals surface area (Å²) >= 11 is 0. The van der Waals surface area contributed by atoms with Crippen molar-refractivity contribution in [2.24, 2.45) is 0 Å². The SMILES string of the molecule is CN([O-])C1CCCCC1. The Morgan fingerprint density at radius 2 is 1.78 bits per heavy atom. The Morgan fingerprint density at radius 1 is 1.22 bits per heavy atom. The molecule has 0 aromatic rings. The van der Waals surface area contributed by atoms with E-state index in [2.05, 4.69) is 0 Å². The summed E-state index contributed by atoms with van der Waals surface area (Å²) < 4.78 is 0. The topological polar surface area (TPSA) is 26.3 Å². The van der Waals surface area contributed by atoms with E-state index in [0.717, 1.165) is 17.9 Å². The van der Waals surface area contributed by atoms with E-state index in [1.54, 1.807) is 7.05 Å². The molecular formula is C7H14NO-. The van der Waals surface area contributed by atoms with Crippen LogP contribution in [-0.4, -0.2) is 18.2 Å². The Hall–Kier alpha value is -0.0800. The first kappa shape index (κ1) is 7.03. The lowest BCUT2D eigenvalue weighted by molar-refractivity contribution is 0.255. The van der Waals surface area contributed by atoms with Crippen molar-refractivity contribution in [3.63, 3.8) is 0 Å². The second kappa shape index (κ2) is 3.18. The van der Waals surface area contributed by atoms with E-state index in [9.17, 15) is 5.21 Å². The van der Waals surface area contributed by atoms with E-state index < -0.39 is 0 Å². The van der Waals surface area contributed by atoms with Gasteiger partial charge in [-0.1, -0.05) is 19.3 Å². The van der Waals surface area contributed by atoms with Crippen LogP contribution in [0.1, 0.15) is 32.1 Å². The minimum atomic E-state index is 0.332. The summed E-state index contributed by atoms with van der Waals surface area (Å²) in [5, 5.41) is 11.8. The van der Waals surface area contributed by atoms with Gasteiger partial charge >= 0.3 is 0 Å². The van der Waals surface area contributed by atoms with Gasteiger partial charge in [-0.05, 0) is 25.9 Å². The third-order valence-corrected chi connectivity index (χ3v) is 2.09. The van der Waals surface area contributed by atoms with Gasteiger partial charge < -0.3 is 10.3 Å². The summed E-state index contributed by atoms with van der Waals surface area (Å²) in [5.74, 6) is 0. The van der Waals surface area contributed by atoms with Crippen LogP contribution in [0.3, 0.4) is 0 Å². The molecule has 0 unspecified atom stereocenters. The van der Waals surface area contributed by atoms with Gasteiger partial charge in [0.25, 0.3) is 0 Å². The molecule has 2 nitrogen and oxygen atoms in total. The highest BCUT2D eigenvalue weighted by atomic mass is 16.5. The van der Waals surface area contributed by atoms with Gasteiger partial charge in [0.15, 0.2) is 0 Å². The second-order valence-electron chi connectivity index (χ2n) is 2.84. The quantitative estimate of drug-likeness (QED) is 0.503. The minimum Gasteiger partial charge on any atom is -0.785 e. The number of nitrogens with zero attached hydrogens (tertiary/aromatic N) is 1. The van der Waals surface area contributed by atoms with Crippen molar-refractivity contribution in [3.8, 4) is 0 Å². The average Bonchev–Trinajstić information content (AvgIpc) is 1.90. The highest BCUT2D eigenvalue weighted by molar-refractivity contribution is 4.72. The van der Waals surface area contributed by atoms with Crippen molar-refractivity contribution < 1.29 is 0 Å². The molecule has 1 aliphatic rings. The van der Waals surface area contributed by atoms with Crippen LogP contribution < -0.4 is 0 Å². The first-order chi connectivity index (χ1) is 4.30. The lowest BCUT2D eigenvalue weighted by atomic mass is 9.96. The number of rotatable bonds is 1. The number of hydroxylamine groups is 2. The normalized spacial score (nSPS) is 23.0. The molecule has 1 saturated carbocycles. The molecule has 0 N–H and O–H groups in total. The van der Waals surface area contributed by atoms with E-state index in [1.165, 1.54) is 19.3 Å². The molecule has 0 aromatic heterocycles. The molecule has 1 aliphatic carbocycles. The van der Waals surface area contributed by atoms with Gasteiger partial charge in [0.2, 0.25) is 0 Å². The predicted molar refractivity (Wildman–Crippen MR) is 38.0 cm³/mol. The summed E-state index contributed by atoms with van der Waals surface area (Å²) in [7, 11) is 1.63. The van der Waals surface area contributed by atoms with Crippen LogP contribution in [0, 0.1) is 5.21 Å². The second-order valence-corrected chi connectivity index (χ2v) is 2.84. The molecule has 0 heterocycles. The fourth-order valence-electron chi connectivity index (χ4n) is 1.44. The van der Waals surface area contributed by atoms with E-state index in [1.807, 2.05) is 0 Å². The molecule has 0 amide bonds. The minimum absolute atomic E-state index is 0.332. The zero-order valence-electron chi connectivity index (χ0n) is 5.97. The molecule has 0 saturated heterocycles. The van der Waals surface area contributed by atoms with Gasteiger partial charge in [-0.3, -0.25) is 0 Å². The highest BCUT2D eigenvalue weighted by Gasteiger charge is 2.11. The smallest absolute Gasteiger partial charge is 0.00282 e. The third-order valence-electron chi connectivity index (χ3n) is 2.09. The maximum atomic E-state index is 10.7. The standard InChI is InChI=1S/C7H14NO/c1-8(9)7-5-3-2-4-6-7/h7H,2-6H2,1H3/q-1. The van der Waals surface area contributed by atoms with Crippen molar-refractivity contribution in [2.45, 2.75) is 38.1 Å². The Bertz CT molecular complexity index is 77.0. The summed E-state index contributed by atoms with van der Waals surface area (Å²) in [6, 6.07) is 0.332. The fourth-order valence-corrected chi connectivity index (χ4v) is 1.44. The average molecular weight is 128 g/mol. The van der Waals surface area contributed by atoms with Crippen LogP contribution >= 0.6 is 0 Å². The van der Waals surface area contributed by atoms with Crippen LogP contribution in [-0.2, 0) is 0 Å². The van der Waals surface area contributed by atoms with E-state index in [-0.39, 0.29) is 0 Å². The van der Waals surface area contributed by atoms with Crippen molar-refractivity contribution in [2.75, 3.05) is 7.05 Å². The Morgan fingerprint density at radius 3 is 2.11 bits per heavy atom. The first-order valence-electron chi connectivity index (χ1n) is 3.70. The molecule has 2 heteroatoms. The van der Waals surface area contributed by atoms with E-state index >= 15 is 0 Å². The molecule has 9 heavy (non-hydrogen) atoms. The van der Waals surface area contributed by atoms with Crippen LogP contribution in [0.4, 0.5) is 0 Å². The molecule has 0 atom stereocenters. The Balaban J connectivity index is 2.23. The number of hydrogen-bond donors (Lipinski definition) is 0. The van der Waals surface area contributed by atoms with Gasteiger partial charge in [-0.2, -0.15) is 0 Å². The predicted octanol–water partition coefficient (Wildman–Crippen LogP) is 1.75. The van der Waals surface area contributed by atoms with Crippen molar-refractivity contribution >= 4 is 0 Å². The lowest BCUT2D eigenvalue weighted by Gasteiger charge is -2.35. The van der Waals surface area contributed by atoms with Crippen molar-refractivity contribution in [1.29, 1.82) is 0 Å². The molecule has 1 fully saturated rings. The molecule has 0 radical (unpaired) electrons. The van der Waals surface area contributed by atoms with Gasteiger partial charge in [-0.25, -0.2) is 0 Å². The van der Waals surface area contributed by atoms with E-state index in [4.69, 9.17) is 0 Å². The highest BCUT2D eigenvalue weighted by Crippen LogP contribution is 2.20. The molecule has 54 valence electrons. The fraction of sp³-hybridized carbons (Fsp3) is 1.00. The van der Waals surface area contributed by atoms with Crippen molar-refractivity contribution in [3.05, 3.63) is 5.21 Å². The lowest BCUT2D eigenvalue weighted by Crippen LogP contribution is -2.28.